The third-order valence-corrected chi connectivity index (χ3v) is 3.79. The van der Waals surface area contributed by atoms with Crippen molar-refractivity contribution in [1.82, 2.24) is 0 Å². The van der Waals surface area contributed by atoms with E-state index in [1.54, 1.807) is 17.9 Å². The van der Waals surface area contributed by atoms with E-state index in [0.717, 1.165) is 25.0 Å². The first-order valence-electron chi connectivity index (χ1n) is 6.91. The Balaban J connectivity index is 2.43. The number of anilines is 1. The molecular formula is C15H16F3N3O. The number of alkyl halides is 3. The highest BCUT2D eigenvalue weighted by atomic mass is 19.4. The van der Waals surface area contributed by atoms with Gasteiger partial charge in [0, 0.05) is 12.2 Å². The van der Waals surface area contributed by atoms with Gasteiger partial charge in [-0.3, -0.25) is 4.79 Å². The number of benzene rings is 1. The van der Waals surface area contributed by atoms with Crippen LogP contribution < -0.4 is 10.6 Å². The second kappa shape index (κ2) is 5.87. The number of nitrogens with zero attached hydrogens (tertiary/aromatic N) is 2. The van der Waals surface area contributed by atoms with Gasteiger partial charge in [0.05, 0.1) is 17.2 Å². The number of hydrogen-bond acceptors (Lipinski definition) is 3. The van der Waals surface area contributed by atoms with E-state index in [0.29, 0.717) is 12.5 Å². The molecule has 7 heteroatoms. The van der Waals surface area contributed by atoms with Crippen LogP contribution in [0.3, 0.4) is 0 Å². The maximum absolute atomic E-state index is 13.1. The number of carbonyl (C=O) groups excluding carboxylic acids is 1. The van der Waals surface area contributed by atoms with Gasteiger partial charge in [-0.05, 0) is 43.9 Å². The van der Waals surface area contributed by atoms with Gasteiger partial charge >= 0.3 is 6.18 Å². The van der Waals surface area contributed by atoms with Crippen molar-refractivity contribution in [3.63, 3.8) is 0 Å². The van der Waals surface area contributed by atoms with E-state index in [1.165, 1.54) is 6.07 Å². The molecule has 0 aromatic heterocycles. The van der Waals surface area contributed by atoms with E-state index < -0.39 is 29.3 Å². The minimum absolute atomic E-state index is 0.254. The van der Waals surface area contributed by atoms with Crippen LogP contribution >= 0.6 is 0 Å². The summed E-state index contributed by atoms with van der Waals surface area (Å²) in [6.07, 6.45) is -2.64. The second-order valence-corrected chi connectivity index (χ2v) is 5.51. The first kappa shape index (κ1) is 16.1. The quantitative estimate of drug-likeness (QED) is 0.909. The monoisotopic (exact) mass is 311 g/mol. The second-order valence-electron chi connectivity index (χ2n) is 5.51. The first-order valence-corrected chi connectivity index (χ1v) is 6.91. The van der Waals surface area contributed by atoms with E-state index in [9.17, 15) is 18.0 Å². The summed E-state index contributed by atoms with van der Waals surface area (Å²) in [4.78, 5) is 13.0. The van der Waals surface area contributed by atoms with E-state index in [1.807, 2.05) is 0 Å². The van der Waals surface area contributed by atoms with Gasteiger partial charge in [-0.1, -0.05) is 0 Å². The molecule has 1 fully saturated rings. The zero-order chi connectivity index (χ0) is 16.5. The number of primary amides is 1. The number of hydrogen-bond donors (Lipinski definition) is 1. The van der Waals surface area contributed by atoms with Crippen molar-refractivity contribution in [2.45, 2.75) is 32.0 Å². The molecule has 0 bridgehead atoms. The lowest BCUT2D eigenvalue weighted by Crippen LogP contribution is -2.44. The zero-order valence-electron chi connectivity index (χ0n) is 12.0. The molecule has 22 heavy (non-hydrogen) atoms. The van der Waals surface area contributed by atoms with Crippen molar-refractivity contribution in [3.8, 4) is 6.07 Å². The molecule has 0 saturated heterocycles. The molecule has 2 rings (SSSR count). The van der Waals surface area contributed by atoms with Gasteiger partial charge in [-0.2, -0.15) is 18.4 Å². The largest absolute Gasteiger partial charge is 0.417 e. The molecule has 0 radical (unpaired) electrons. The summed E-state index contributed by atoms with van der Waals surface area (Å²) in [5.74, 6) is -0.231. The number of amides is 1. The number of halogens is 3. The van der Waals surface area contributed by atoms with Gasteiger partial charge in [-0.25, -0.2) is 0 Å². The van der Waals surface area contributed by atoms with Crippen molar-refractivity contribution < 1.29 is 18.0 Å². The lowest BCUT2D eigenvalue weighted by Gasteiger charge is -2.30. The van der Waals surface area contributed by atoms with Crippen LogP contribution in [-0.2, 0) is 11.0 Å². The topological polar surface area (TPSA) is 70.1 Å². The van der Waals surface area contributed by atoms with Gasteiger partial charge in [0.2, 0.25) is 5.91 Å². The average molecular weight is 311 g/mol. The summed E-state index contributed by atoms with van der Waals surface area (Å²) < 4.78 is 39.2. The molecule has 0 unspecified atom stereocenters. The third kappa shape index (κ3) is 3.50. The zero-order valence-corrected chi connectivity index (χ0v) is 12.0. The maximum atomic E-state index is 13.1. The SMILES string of the molecule is C[C@@H](C(N)=O)N(CC1CC1)c1ccc(C#N)c(C(F)(F)F)c1. The van der Waals surface area contributed by atoms with Crippen LogP contribution in [0.5, 0.6) is 0 Å². The van der Waals surface area contributed by atoms with Gasteiger partial charge in [0.1, 0.15) is 6.04 Å². The van der Waals surface area contributed by atoms with Crippen molar-refractivity contribution >= 4 is 11.6 Å². The van der Waals surface area contributed by atoms with Crippen LogP contribution in [0, 0.1) is 17.2 Å². The highest BCUT2D eigenvalue weighted by Crippen LogP contribution is 2.37. The Hall–Kier alpha value is -2.23. The molecule has 1 saturated carbocycles. The predicted molar refractivity (Wildman–Crippen MR) is 74.9 cm³/mol. The smallest absolute Gasteiger partial charge is 0.368 e. The van der Waals surface area contributed by atoms with Crippen LogP contribution in [0.25, 0.3) is 0 Å². The van der Waals surface area contributed by atoms with Crippen LogP contribution in [0.2, 0.25) is 0 Å². The minimum atomic E-state index is -4.62. The van der Waals surface area contributed by atoms with Crippen molar-refractivity contribution in [2.24, 2.45) is 11.7 Å². The fraction of sp³-hybridized carbons (Fsp3) is 0.467. The average Bonchev–Trinajstić information content (AvgIpc) is 3.26. The highest BCUT2D eigenvalue weighted by molar-refractivity contribution is 5.83. The fourth-order valence-electron chi connectivity index (χ4n) is 2.26. The standard InChI is InChI=1S/C15H16F3N3O/c1-9(14(20)22)21(8-10-2-3-10)12-5-4-11(7-19)13(6-12)15(16,17)18/h4-6,9-10H,2-3,8H2,1H3,(H2,20,22)/t9-/m0/s1. The van der Waals surface area contributed by atoms with Crippen molar-refractivity contribution in [1.29, 1.82) is 5.26 Å². The van der Waals surface area contributed by atoms with Crippen LogP contribution in [-0.4, -0.2) is 18.5 Å². The Morgan fingerprint density at radius 3 is 2.59 bits per heavy atom. The molecule has 0 heterocycles. The van der Waals surface area contributed by atoms with Crippen LogP contribution in [0.4, 0.5) is 18.9 Å². The maximum Gasteiger partial charge on any atom is 0.417 e. The molecule has 4 nitrogen and oxygen atoms in total. The van der Waals surface area contributed by atoms with E-state index in [4.69, 9.17) is 11.0 Å². The van der Waals surface area contributed by atoms with Gasteiger partial charge in [-0.15, -0.1) is 0 Å². The number of carbonyl (C=O) groups is 1. The van der Waals surface area contributed by atoms with Crippen LogP contribution in [0.15, 0.2) is 18.2 Å². The molecule has 0 aliphatic heterocycles. The minimum Gasteiger partial charge on any atom is -0.368 e. The molecule has 118 valence electrons. The first-order chi connectivity index (χ1) is 10.2. The van der Waals surface area contributed by atoms with E-state index in [2.05, 4.69) is 0 Å². The number of rotatable bonds is 5. The molecular weight excluding hydrogens is 295 g/mol. The normalized spacial score (nSPS) is 16.0. The molecule has 1 amide bonds. The Labute approximate surface area is 126 Å². The molecule has 1 aliphatic carbocycles. The molecule has 1 atom stereocenters. The number of nitrogens with two attached hydrogens (primary N) is 1. The van der Waals surface area contributed by atoms with E-state index >= 15 is 0 Å². The molecule has 1 aliphatic rings. The van der Waals surface area contributed by atoms with Gasteiger partial charge < -0.3 is 10.6 Å². The summed E-state index contributed by atoms with van der Waals surface area (Å²) in [5.41, 5.74) is 4.12. The molecule has 1 aromatic rings. The van der Waals surface area contributed by atoms with Gasteiger partial charge in [0.15, 0.2) is 0 Å². The van der Waals surface area contributed by atoms with Crippen molar-refractivity contribution in [2.75, 3.05) is 11.4 Å². The summed E-state index contributed by atoms with van der Waals surface area (Å²) in [6.45, 7) is 2.05. The Kier molecular flexibility index (Phi) is 4.31. The summed E-state index contributed by atoms with van der Waals surface area (Å²) in [5, 5.41) is 8.83. The summed E-state index contributed by atoms with van der Waals surface area (Å²) >= 11 is 0. The third-order valence-electron chi connectivity index (χ3n) is 3.79. The van der Waals surface area contributed by atoms with E-state index in [-0.39, 0.29) is 5.69 Å². The fourth-order valence-corrected chi connectivity index (χ4v) is 2.26. The molecule has 1 aromatic carbocycles. The van der Waals surface area contributed by atoms with Crippen molar-refractivity contribution in [3.05, 3.63) is 29.3 Å². The summed E-state index contributed by atoms with van der Waals surface area (Å²) in [6, 6.07) is 4.30. The highest BCUT2D eigenvalue weighted by Gasteiger charge is 2.35. The Bertz CT molecular complexity index is 617. The van der Waals surface area contributed by atoms with Gasteiger partial charge in [0.25, 0.3) is 0 Å². The Morgan fingerprint density at radius 1 is 1.50 bits per heavy atom. The molecule has 0 spiro atoms. The lowest BCUT2D eigenvalue weighted by atomic mass is 10.1. The van der Waals surface area contributed by atoms with Crippen LogP contribution in [0.1, 0.15) is 30.9 Å². The molecule has 2 N–H and O–H groups in total. The summed E-state index contributed by atoms with van der Waals surface area (Å²) in [7, 11) is 0. The Morgan fingerprint density at radius 2 is 2.14 bits per heavy atom. The number of nitriles is 1. The predicted octanol–water partition coefficient (Wildman–Crippen LogP) is 2.67. The lowest BCUT2D eigenvalue weighted by molar-refractivity contribution is -0.137.